The average molecular weight is 460 g/mol. The van der Waals surface area contributed by atoms with Gasteiger partial charge in [-0.3, -0.25) is 4.79 Å². The van der Waals surface area contributed by atoms with E-state index in [1.807, 2.05) is 0 Å². The van der Waals surface area contributed by atoms with Crippen LogP contribution in [0.2, 0.25) is 0 Å². The smallest absolute Gasteiger partial charge is 0.417 e. The topological polar surface area (TPSA) is 98.5 Å². The highest BCUT2D eigenvalue weighted by Gasteiger charge is 2.65. The minimum atomic E-state index is -4.85. The van der Waals surface area contributed by atoms with Crippen molar-refractivity contribution >= 4 is 17.4 Å². The van der Waals surface area contributed by atoms with Gasteiger partial charge in [0.25, 0.3) is 5.91 Å². The molecule has 3 rings (SSSR count). The highest BCUT2D eigenvalue weighted by Crippen LogP contribution is 2.54. The maximum atomic E-state index is 14.3. The van der Waals surface area contributed by atoms with Crippen molar-refractivity contribution < 1.29 is 36.2 Å². The zero-order chi connectivity index (χ0) is 23.8. The van der Waals surface area contributed by atoms with Gasteiger partial charge in [-0.2, -0.15) is 17.6 Å². The number of nitrogen functional groups attached to an aromatic ring is 1. The van der Waals surface area contributed by atoms with Crippen molar-refractivity contribution in [3.63, 3.8) is 0 Å². The molecular weight excluding hydrogens is 439 g/mol. The number of hydrazine groups is 1. The van der Waals surface area contributed by atoms with Gasteiger partial charge in [-0.1, -0.05) is 13.0 Å². The second-order valence-electron chi connectivity index (χ2n) is 7.51. The number of hydrogen-bond acceptors (Lipinski definition) is 6. The summed E-state index contributed by atoms with van der Waals surface area (Å²) in [5.74, 6) is -1.25. The standard InChI is InChI=1S/C20H21F5N4O3/c1-9-14(11-5-6-12(21)15(22)16(11)31-3)17(32-19(9,2)20(23,24)25)18(30)28-10-4-7-13(29-26)27-8-10/h4-9,14,17H,26H2,1-3H3,(H,27,29)(H,28,30)/t9-,14-,17+,19+/m0/s1. The molecule has 1 fully saturated rings. The van der Waals surface area contributed by atoms with Gasteiger partial charge in [0.1, 0.15) is 11.9 Å². The molecular formula is C20H21F5N4O3. The van der Waals surface area contributed by atoms with Crippen LogP contribution in [0.5, 0.6) is 5.75 Å². The van der Waals surface area contributed by atoms with Crippen LogP contribution < -0.4 is 21.3 Å². The molecule has 2 heterocycles. The van der Waals surface area contributed by atoms with Gasteiger partial charge < -0.3 is 20.2 Å². The summed E-state index contributed by atoms with van der Waals surface area (Å²) in [6, 6.07) is 4.71. The number of carbonyl (C=O) groups excluding carboxylic acids is 1. The van der Waals surface area contributed by atoms with Gasteiger partial charge in [-0.05, 0) is 25.1 Å². The van der Waals surface area contributed by atoms with Crippen molar-refractivity contribution in [2.75, 3.05) is 17.9 Å². The highest BCUT2D eigenvalue weighted by molar-refractivity contribution is 5.95. The lowest BCUT2D eigenvalue weighted by atomic mass is 9.77. The average Bonchev–Trinajstić information content (AvgIpc) is 3.02. The van der Waals surface area contributed by atoms with Crippen molar-refractivity contribution in [1.82, 2.24) is 4.98 Å². The highest BCUT2D eigenvalue weighted by atomic mass is 19.4. The summed E-state index contributed by atoms with van der Waals surface area (Å²) < 4.78 is 80.0. The SMILES string of the molecule is COc1c([C@H]2[C@H](C(=O)Nc3ccc(NN)nc3)O[C@@](C)(C(F)(F)F)[C@H]2C)ccc(F)c1F. The van der Waals surface area contributed by atoms with Crippen molar-refractivity contribution in [1.29, 1.82) is 0 Å². The Morgan fingerprint density at radius 3 is 2.47 bits per heavy atom. The monoisotopic (exact) mass is 460 g/mol. The van der Waals surface area contributed by atoms with Gasteiger partial charge in [0.15, 0.2) is 17.2 Å². The maximum Gasteiger partial charge on any atom is 0.417 e. The van der Waals surface area contributed by atoms with Crippen LogP contribution in [0.15, 0.2) is 30.5 Å². The first-order chi connectivity index (χ1) is 14.9. The summed E-state index contributed by atoms with van der Waals surface area (Å²) in [4.78, 5) is 16.9. The summed E-state index contributed by atoms with van der Waals surface area (Å²) in [5, 5.41) is 2.44. The fourth-order valence-corrected chi connectivity index (χ4v) is 3.81. The van der Waals surface area contributed by atoms with Gasteiger partial charge in [-0.25, -0.2) is 15.2 Å². The van der Waals surface area contributed by atoms with E-state index in [-0.39, 0.29) is 11.3 Å². The number of carbonyl (C=O) groups is 1. The Bertz CT molecular complexity index is 1000. The first kappa shape index (κ1) is 23.7. The molecule has 174 valence electrons. The summed E-state index contributed by atoms with van der Waals surface area (Å²) >= 11 is 0. The Balaban J connectivity index is 2.05. The van der Waals surface area contributed by atoms with Crippen LogP contribution in [-0.2, 0) is 9.53 Å². The third-order valence-corrected chi connectivity index (χ3v) is 5.75. The Morgan fingerprint density at radius 2 is 1.94 bits per heavy atom. The van der Waals surface area contributed by atoms with Gasteiger partial charge in [-0.15, -0.1) is 0 Å². The molecule has 1 aliphatic rings. The third kappa shape index (κ3) is 3.95. The van der Waals surface area contributed by atoms with E-state index >= 15 is 0 Å². The Kier molecular flexibility index (Phi) is 6.29. The van der Waals surface area contributed by atoms with Crippen LogP contribution in [0, 0.1) is 17.6 Å². The number of alkyl halides is 3. The number of ether oxygens (including phenoxy) is 2. The van der Waals surface area contributed by atoms with Crippen LogP contribution in [-0.4, -0.2) is 35.9 Å². The summed E-state index contributed by atoms with van der Waals surface area (Å²) in [6.07, 6.45) is -5.30. The molecule has 1 saturated heterocycles. The molecule has 0 unspecified atom stereocenters. The fourth-order valence-electron chi connectivity index (χ4n) is 3.81. The lowest BCUT2D eigenvalue weighted by Gasteiger charge is -2.32. The zero-order valence-electron chi connectivity index (χ0n) is 17.3. The van der Waals surface area contributed by atoms with E-state index in [1.54, 1.807) is 0 Å². The minimum Gasteiger partial charge on any atom is -0.493 e. The molecule has 12 heteroatoms. The molecule has 2 aromatic rings. The molecule has 1 amide bonds. The number of pyridine rings is 1. The van der Waals surface area contributed by atoms with Crippen molar-refractivity contribution in [2.45, 2.75) is 37.6 Å². The van der Waals surface area contributed by atoms with Crippen LogP contribution >= 0.6 is 0 Å². The Labute approximate surface area is 180 Å². The van der Waals surface area contributed by atoms with E-state index in [1.165, 1.54) is 25.3 Å². The van der Waals surface area contributed by atoms with E-state index in [0.29, 0.717) is 5.82 Å². The quantitative estimate of drug-likeness (QED) is 0.357. The molecule has 0 saturated carbocycles. The molecule has 0 radical (unpaired) electrons. The predicted molar refractivity (Wildman–Crippen MR) is 105 cm³/mol. The third-order valence-electron chi connectivity index (χ3n) is 5.75. The number of amides is 1. The molecule has 7 nitrogen and oxygen atoms in total. The number of nitrogens with two attached hydrogens (primary N) is 1. The summed E-state index contributed by atoms with van der Waals surface area (Å²) in [5.41, 5.74) is -0.391. The normalized spacial score (nSPS) is 25.5. The number of methoxy groups -OCH3 is 1. The molecule has 32 heavy (non-hydrogen) atoms. The number of anilines is 2. The molecule has 4 atom stereocenters. The van der Waals surface area contributed by atoms with E-state index in [4.69, 9.17) is 15.3 Å². The Morgan fingerprint density at radius 1 is 1.25 bits per heavy atom. The summed E-state index contributed by atoms with van der Waals surface area (Å²) in [7, 11) is 1.05. The molecule has 1 aliphatic heterocycles. The van der Waals surface area contributed by atoms with Crippen LogP contribution in [0.4, 0.5) is 33.5 Å². The van der Waals surface area contributed by atoms with Gasteiger partial charge >= 0.3 is 6.18 Å². The molecule has 0 spiro atoms. The molecule has 1 aromatic carbocycles. The number of aromatic nitrogens is 1. The van der Waals surface area contributed by atoms with Crippen LogP contribution in [0.3, 0.4) is 0 Å². The lowest BCUT2D eigenvalue weighted by molar-refractivity contribution is -0.272. The first-order valence-corrected chi connectivity index (χ1v) is 9.44. The Hall–Kier alpha value is -2.99. The maximum absolute atomic E-state index is 14.3. The molecule has 0 aliphatic carbocycles. The summed E-state index contributed by atoms with van der Waals surface area (Å²) in [6.45, 7) is 2.04. The number of benzene rings is 1. The molecule has 1 aromatic heterocycles. The van der Waals surface area contributed by atoms with Crippen LogP contribution in [0.25, 0.3) is 0 Å². The van der Waals surface area contributed by atoms with Crippen LogP contribution in [0.1, 0.15) is 25.3 Å². The van der Waals surface area contributed by atoms with Crippen molar-refractivity contribution in [3.8, 4) is 5.75 Å². The van der Waals surface area contributed by atoms with Crippen molar-refractivity contribution in [2.24, 2.45) is 11.8 Å². The van der Waals surface area contributed by atoms with Gasteiger partial charge in [0.2, 0.25) is 5.82 Å². The second-order valence-corrected chi connectivity index (χ2v) is 7.51. The largest absolute Gasteiger partial charge is 0.493 e. The van der Waals surface area contributed by atoms with E-state index in [2.05, 4.69) is 15.7 Å². The van der Waals surface area contributed by atoms with Gasteiger partial charge in [0, 0.05) is 17.4 Å². The number of rotatable bonds is 5. The van der Waals surface area contributed by atoms with E-state index in [0.717, 1.165) is 26.2 Å². The number of nitrogens with zero attached hydrogens (tertiary/aromatic N) is 1. The molecule has 4 N–H and O–H groups in total. The predicted octanol–water partition coefficient (Wildman–Crippen LogP) is 3.73. The number of nitrogens with one attached hydrogen (secondary N) is 2. The second kappa shape index (κ2) is 8.51. The zero-order valence-corrected chi connectivity index (χ0v) is 17.3. The molecule has 0 bridgehead atoms. The van der Waals surface area contributed by atoms with E-state index < -0.39 is 53.0 Å². The first-order valence-electron chi connectivity index (χ1n) is 9.44. The fraction of sp³-hybridized carbons (Fsp3) is 0.400. The van der Waals surface area contributed by atoms with Crippen molar-refractivity contribution in [3.05, 3.63) is 47.7 Å². The minimum absolute atomic E-state index is 0.118. The number of halogens is 5. The van der Waals surface area contributed by atoms with E-state index in [9.17, 15) is 26.7 Å². The number of hydrogen-bond donors (Lipinski definition) is 3. The van der Waals surface area contributed by atoms with Gasteiger partial charge in [0.05, 0.1) is 19.0 Å². The lowest BCUT2D eigenvalue weighted by Crippen LogP contribution is -2.47.